The van der Waals surface area contributed by atoms with E-state index in [9.17, 15) is 34.1 Å². The summed E-state index contributed by atoms with van der Waals surface area (Å²) in [6.45, 7) is -1.70. The monoisotopic (exact) mass is 441 g/mol. The summed E-state index contributed by atoms with van der Waals surface area (Å²) >= 11 is 0. The number of nitro groups is 1. The average molecular weight is 441 g/mol. The summed E-state index contributed by atoms with van der Waals surface area (Å²) in [5.74, 6) is -4.19. The predicted octanol–water partition coefficient (Wildman–Crippen LogP) is 0.699. The van der Waals surface area contributed by atoms with E-state index in [1.807, 2.05) is 5.32 Å². The van der Waals surface area contributed by atoms with Crippen LogP contribution in [0.3, 0.4) is 0 Å². The normalized spacial score (nSPS) is 12.2. The number of ether oxygens (including phenoxy) is 2. The molecule has 12 nitrogen and oxygen atoms in total. The Morgan fingerprint density at radius 2 is 1.75 bits per heavy atom. The molecule has 32 heavy (non-hydrogen) atoms. The number of hydrogen-bond acceptors (Lipinski definition) is 9. The number of rotatable bonds is 7. The summed E-state index contributed by atoms with van der Waals surface area (Å²) in [5.41, 5.74) is -1.02. The lowest BCUT2D eigenvalue weighted by atomic mass is 10.1. The summed E-state index contributed by atoms with van der Waals surface area (Å²) < 4.78 is 9.67. The summed E-state index contributed by atoms with van der Waals surface area (Å²) in [5, 5.41) is 13.1. The SMILES string of the molecule is COc1ccc(C(=O)NC(=O)COC(=O)CN2C(=O)c3cccc([N+](=O)[O-])c3C2=O)cc1. The topological polar surface area (TPSA) is 162 Å². The van der Waals surface area contributed by atoms with Gasteiger partial charge >= 0.3 is 5.97 Å². The number of nitrogens with zero attached hydrogens (tertiary/aromatic N) is 2. The fourth-order valence-corrected chi connectivity index (χ4v) is 2.91. The molecule has 0 aliphatic carbocycles. The van der Waals surface area contributed by atoms with E-state index < -0.39 is 58.9 Å². The lowest BCUT2D eigenvalue weighted by Crippen LogP contribution is -2.38. The summed E-state index contributed by atoms with van der Waals surface area (Å²) in [4.78, 5) is 71.4. The van der Waals surface area contributed by atoms with Crippen molar-refractivity contribution in [2.24, 2.45) is 0 Å². The third kappa shape index (κ3) is 4.43. The molecule has 0 saturated carbocycles. The highest BCUT2D eigenvalue weighted by Gasteiger charge is 2.42. The molecule has 0 bridgehead atoms. The Kier molecular flexibility index (Phi) is 6.24. The van der Waals surface area contributed by atoms with E-state index in [2.05, 4.69) is 0 Å². The lowest BCUT2D eigenvalue weighted by molar-refractivity contribution is -0.385. The molecule has 0 radical (unpaired) electrons. The van der Waals surface area contributed by atoms with Crippen LogP contribution in [0.1, 0.15) is 31.1 Å². The first-order valence-electron chi connectivity index (χ1n) is 9.00. The number of fused-ring (bicyclic) bond motifs is 1. The van der Waals surface area contributed by atoms with E-state index in [1.54, 1.807) is 0 Å². The van der Waals surface area contributed by atoms with Gasteiger partial charge in [0.05, 0.1) is 17.6 Å². The Bertz CT molecular complexity index is 1140. The van der Waals surface area contributed by atoms with Gasteiger partial charge in [-0.2, -0.15) is 0 Å². The van der Waals surface area contributed by atoms with E-state index in [1.165, 1.54) is 43.5 Å². The van der Waals surface area contributed by atoms with Gasteiger partial charge < -0.3 is 9.47 Å². The van der Waals surface area contributed by atoms with Crippen molar-refractivity contribution in [3.05, 3.63) is 69.3 Å². The standard InChI is InChI=1S/C20H15N3O9/c1-31-12-7-5-11(6-8-12)18(26)21-15(24)10-32-16(25)9-22-19(27)13-3-2-4-14(23(29)30)17(13)20(22)28/h2-8H,9-10H2,1H3,(H,21,24,26). The molecule has 0 unspecified atom stereocenters. The zero-order valence-electron chi connectivity index (χ0n) is 16.5. The second kappa shape index (κ2) is 9.04. The number of hydrogen-bond donors (Lipinski definition) is 1. The molecule has 0 spiro atoms. The third-order valence-corrected chi connectivity index (χ3v) is 4.43. The number of nitrogens with one attached hydrogen (secondary N) is 1. The molecular formula is C20H15N3O9. The second-order valence-electron chi connectivity index (χ2n) is 6.42. The molecule has 4 amide bonds. The van der Waals surface area contributed by atoms with Gasteiger partial charge in [0.25, 0.3) is 29.3 Å². The largest absolute Gasteiger partial charge is 0.497 e. The van der Waals surface area contributed by atoms with E-state index >= 15 is 0 Å². The van der Waals surface area contributed by atoms with Crippen molar-refractivity contribution in [2.45, 2.75) is 0 Å². The minimum Gasteiger partial charge on any atom is -0.497 e. The number of carbonyl (C=O) groups excluding carboxylic acids is 5. The van der Waals surface area contributed by atoms with Crippen LogP contribution in [-0.4, -0.2) is 59.7 Å². The van der Waals surface area contributed by atoms with Crippen molar-refractivity contribution < 1.29 is 38.4 Å². The number of nitro benzene ring substituents is 1. The van der Waals surface area contributed by atoms with Crippen molar-refractivity contribution in [3.8, 4) is 5.75 Å². The van der Waals surface area contributed by atoms with Crippen LogP contribution in [0.4, 0.5) is 5.69 Å². The van der Waals surface area contributed by atoms with Gasteiger partial charge in [-0.25, -0.2) is 0 Å². The molecule has 0 fully saturated rings. The van der Waals surface area contributed by atoms with E-state index in [0.29, 0.717) is 10.6 Å². The molecule has 0 atom stereocenters. The van der Waals surface area contributed by atoms with Gasteiger partial charge in [0.1, 0.15) is 17.9 Å². The van der Waals surface area contributed by atoms with Crippen LogP contribution in [0.25, 0.3) is 0 Å². The van der Waals surface area contributed by atoms with Crippen molar-refractivity contribution >= 4 is 35.3 Å². The number of imide groups is 2. The number of esters is 1. The molecule has 12 heteroatoms. The number of carbonyl (C=O) groups is 5. The minimum absolute atomic E-state index is 0.165. The molecule has 0 saturated heterocycles. The highest BCUT2D eigenvalue weighted by molar-refractivity contribution is 6.24. The summed E-state index contributed by atoms with van der Waals surface area (Å²) in [6, 6.07) is 9.43. The molecular weight excluding hydrogens is 426 g/mol. The van der Waals surface area contributed by atoms with Gasteiger partial charge in [-0.05, 0) is 30.3 Å². The summed E-state index contributed by atoms with van der Waals surface area (Å²) in [6.07, 6.45) is 0. The zero-order valence-corrected chi connectivity index (χ0v) is 16.5. The van der Waals surface area contributed by atoms with Crippen LogP contribution in [0.15, 0.2) is 42.5 Å². The Morgan fingerprint density at radius 1 is 1.06 bits per heavy atom. The van der Waals surface area contributed by atoms with Gasteiger partial charge in [-0.3, -0.25) is 44.3 Å². The van der Waals surface area contributed by atoms with Crippen molar-refractivity contribution in [3.63, 3.8) is 0 Å². The van der Waals surface area contributed by atoms with E-state index in [0.717, 1.165) is 6.07 Å². The first-order valence-corrected chi connectivity index (χ1v) is 9.00. The Morgan fingerprint density at radius 3 is 2.38 bits per heavy atom. The Hall–Kier alpha value is -4.61. The van der Waals surface area contributed by atoms with E-state index in [4.69, 9.17) is 9.47 Å². The van der Waals surface area contributed by atoms with Gasteiger partial charge in [-0.15, -0.1) is 0 Å². The van der Waals surface area contributed by atoms with Gasteiger partial charge in [-0.1, -0.05) is 6.07 Å². The number of benzene rings is 2. The second-order valence-corrected chi connectivity index (χ2v) is 6.42. The van der Waals surface area contributed by atoms with Crippen molar-refractivity contribution in [2.75, 3.05) is 20.3 Å². The molecule has 2 aromatic rings. The fourth-order valence-electron chi connectivity index (χ4n) is 2.91. The maximum Gasteiger partial charge on any atom is 0.326 e. The summed E-state index contributed by atoms with van der Waals surface area (Å²) in [7, 11) is 1.45. The molecule has 2 aromatic carbocycles. The molecule has 1 heterocycles. The van der Waals surface area contributed by atoms with Crippen LogP contribution in [0.5, 0.6) is 5.75 Å². The quantitative estimate of drug-likeness (QED) is 0.282. The van der Waals surface area contributed by atoms with Crippen LogP contribution in [0.2, 0.25) is 0 Å². The lowest BCUT2D eigenvalue weighted by Gasteiger charge is -2.12. The molecule has 1 N–H and O–H groups in total. The maximum atomic E-state index is 12.4. The Balaban J connectivity index is 1.55. The Labute approximate surface area is 179 Å². The first kappa shape index (κ1) is 22.1. The van der Waals surface area contributed by atoms with Crippen LogP contribution in [-0.2, 0) is 14.3 Å². The van der Waals surface area contributed by atoms with Crippen LogP contribution >= 0.6 is 0 Å². The van der Waals surface area contributed by atoms with Crippen LogP contribution in [0, 0.1) is 10.1 Å². The predicted molar refractivity (Wildman–Crippen MR) is 105 cm³/mol. The number of methoxy groups -OCH3 is 1. The highest BCUT2D eigenvalue weighted by Crippen LogP contribution is 2.30. The first-order chi connectivity index (χ1) is 15.2. The number of amides is 4. The third-order valence-electron chi connectivity index (χ3n) is 4.43. The fraction of sp³-hybridized carbons (Fsp3) is 0.150. The van der Waals surface area contributed by atoms with Gasteiger partial charge in [0.15, 0.2) is 6.61 Å². The van der Waals surface area contributed by atoms with Crippen LogP contribution < -0.4 is 10.1 Å². The van der Waals surface area contributed by atoms with E-state index in [-0.39, 0.29) is 11.1 Å². The molecule has 164 valence electrons. The molecule has 1 aliphatic rings. The minimum atomic E-state index is -1.12. The molecule has 0 aromatic heterocycles. The smallest absolute Gasteiger partial charge is 0.326 e. The average Bonchev–Trinajstić information content (AvgIpc) is 3.02. The highest BCUT2D eigenvalue weighted by atomic mass is 16.6. The van der Waals surface area contributed by atoms with Crippen molar-refractivity contribution in [1.29, 1.82) is 0 Å². The maximum absolute atomic E-state index is 12.4. The molecule has 1 aliphatic heterocycles. The van der Waals surface area contributed by atoms with Gasteiger partial charge in [0, 0.05) is 11.6 Å². The zero-order chi connectivity index (χ0) is 23.4. The van der Waals surface area contributed by atoms with Crippen molar-refractivity contribution in [1.82, 2.24) is 10.2 Å². The van der Waals surface area contributed by atoms with Gasteiger partial charge in [0.2, 0.25) is 0 Å². The molecule has 3 rings (SSSR count).